The molecule has 1 aromatic heterocycles. The summed E-state index contributed by atoms with van der Waals surface area (Å²) in [6.07, 6.45) is 3.26. The molecule has 1 amide bonds. The number of amides is 1. The van der Waals surface area contributed by atoms with Gasteiger partial charge >= 0.3 is 0 Å². The first kappa shape index (κ1) is 21.5. The number of aromatic nitrogens is 1. The van der Waals surface area contributed by atoms with Crippen LogP contribution >= 0.6 is 0 Å². The van der Waals surface area contributed by atoms with Crippen molar-refractivity contribution in [1.29, 1.82) is 0 Å². The predicted octanol–water partition coefficient (Wildman–Crippen LogP) is 3.23. The normalized spacial score (nSPS) is 18.0. The molecule has 0 aliphatic carbocycles. The summed E-state index contributed by atoms with van der Waals surface area (Å²) >= 11 is 0. The van der Waals surface area contributed by atoms with Crippen molar-refractivity contribution in [2.75, 3.05) is 34.3 Å². The summed E-state index contributed by atoms with van der Waals surface area (Å²) < 4.78 is 5.27. The highest BCUT2D eigenvalue weighted by Gasteiger charge is 2.46. The number of ether oxygens (including phenoxy) is 1. The summed E-state index contributed by atoms with van der Waals surface area (Å²) in [7, 11) is 5.41. The topological polar surface area (TPSA) is 83.0 Å². The molecule has 1 aliphatic rings. The number of fused-ring (bicyclic) bond motifs is 1. The Morgan fingerprint density at radius 2 is 1.88 bits per heavy atom. The van der Waals surface area contributed by atoms with Gasteiger partial charge in [0.15, 0.2) is 0 Å². The standard InChI is InChI=1S/C25H25N3O4/c1-27(2)11-12-28-22(19-5-4-10-26-15-19)21(24(30)25(28)31)23(29)18-7-6-17-14-20(32-3)9-8-16(17)13-18/h4-10,13-15,22,29H,11-12H2,1-3H3/b23-21+. The van der Waals surface area contributed by atoms with Gasteiger partial charge in [-0.05, 0) is 54.7 Å². The fraction of sp³-hybridized carbons (Fsp3) is 0.240. The summed E-state index contributed by atoms with van der Waals surface area (Å²) in [5.41, 5.74) is 1.23. The second-order valence-electron chi connectivity index (χ2n) is 8.01. The van der Waals surface area contributed by atoms with Gasteiger partial charge in [-0.3, -0.25) is 14.6 Å². The summed E-state index contributed by atoms with van der Waals surface area (Å²) in [5.74, 6) is -0.766. The van der Waals surface area contributed by atoms with Crippen LogP contribution in [-0.2, 0) is 9.59 Å². The van der Waals surface area contributed by atoms with Gasteiger partial charge in [0, 0.05) is 31.0 Å². The molecule has 0 bridgehead atoms. The maximum atomic E-state index is 13.0. The van der Waals surface area contributed by atoms with Crippen LogP contribution < -0.4 is 4.74 Å². The van der Waals surface area contributed by atoms with Gasteiger partial charge in [0.25, 0.3) is 11.7 Å². The van der Waals surface area contributed by atoms with Gasteiger partial charge < -0.3 is 19.6 Å². The molecule has 2 heterocycles. The fourth-order valence-electron chi connectivity index (χ4n) is 3.96. The smallest absolute Gasteiger partial charge is 0.295 e. The highest BCUT2D eigenvalue weighted by molar-refractivity contribution is 6.46. The number of likely N-dealkylation sites (N-methyl/N-ethyl adjacent to an activating group) is 1. The molecule has 3 aromatic rings. The lowest BCUT2D eigenvalue weighted by atomic mass is 9.95. The molecule has 7 heteroatoms. The summed E-state index contributed by atoms with van der Waals surface area (Å²) in [6, 6.07) is 13.9. The molecule has 0 saturated carbocycles. The molecule has 0 spiro atoms. The number of rotatable bonds is 6. The Kier molecular flexibility index (Phi) is 5.92. The third-order valence-electron chi connectivity index (χ3n) is 5.65. The van der Waals surface area contributed by atoms with Crippen molar-refractivity contribution in [2.24, 2.45) is 0 Å². The molecule has 1 saturated heterocycles. The number of benzene rings is 2. The van der Waals surface area contributed by atoms with Crippen LogP contribution in [0.1, 0.15) is 17.2 Å². The molecular weight excluding hydrogens is 406 g/mol. The van der Waals surface area contributed by atoms with Crippen molar-refractivity contribution >= 4 is 28.2 Å². The number of Topliss-reactive ketones (excluding diaryl/α,β-unsaturated/α-hetero) is 1. The van der Waals surface area contributed by atoms with Crippen LogP contribution in [0, 0.1) is 0 Å². The zero-order valence-electron chi connectivity index (χ0n) is 18.3. The average molecular weight is 431 g/mol. The van der Waals surface area contributed by atoms with Gasteiger partial charge in [0.05, 0.1) is 18.7 Å². The Morgan fingerprint density at radius 3 is 2.56 bits per heavy atom. The molecule has 1 aliphatic heterocycles. The van der Waals surface area contributed by atoms with Gasteiger partial charge in [-0.25, -0.2) is 0 Å². The van der Waals surface area contributed by atoms with Crippen LogP contribution in [0.3, 0.4) is 0 Å². The lowest BCUT2D eigenvalue weighted by Crippen LogP contribution is -2.35. The zero-order chi connectivity index (χ0) is 22.8. The first-order valence-corrected chi connectivity index (χ1v) is 10.3. The Hall–Kier alpha value is -3.71. The van der Waals surface area contributed by atoms with Crippen LogP contribution in [0.25, 0.3) is 16.5 Å². The molecule has 1 fully saturated rings. The van der Waals surface area contributed by atoms with E-state index in [4.69, 9.17) is 4.74 Å². The quantitative estimate of drug-likeness (QED) is 0.367. The molecule has 164 valence electrons. The van der Waals surface area contributed by atoms with Gasteiger partial charge in [-0.15, -0.1) is 0 Å². The third kappa shape index (κ3) is 3.94. The van der Waals surface area contributed by atoms with E-state index in [9.17, 15) is 14.7 Å². The molecule has 1 unspecified atom stereocenters. The lowest BCUT2D eigenvalue weighted by Gasteiger charge is -2.26. The van der Waals surface area contributed by atoms with Crippen LogP contribution in [-0.4, -0.2) is 65.9 Å². The molecule has 4 rings (SSSR count). The second kappa shape index (κ2) is 8.80. The number of methoxy groups -OCH3 is 1. The number of carbonyl (C=O) groups excluding carboxylic acids is 2. The highest BCUT2D eigenvalue weighted by atomic mass is 16.5. The Balaban J connectivity index is 1.83. The van der Waals surface area contributed by atoms with E-state index in [-0.39, 0.29) is 11.3 Å². The maximum absolute atomic E-state index is 13.0. The van der Waals surface area contributed by atoms with Crippen molar-refractivity contribution in [3.05, 3.63) is 77.6 Å². The van der Waals surface area contributed by atoms with Gasteiger partial charge in [0.1, 0.15) is 11.5 Å². The Morgan fingerprint density at radius 1 is 1.12 bits per heavy atom. The molecule has 2 aromatic carbocycles. The number of nitrogens with zero attached hydrogens (tertiary/aromatic N) is 3. The van der Waals surface area contributed by atoms with E-state index in [0.29, 0.717) is 24.2 Å². The molecular formula is C25H25N3O4. The van der Waals surface area contributed by atoms with Crippen LogP contribution in [0.4, 0.5) is 0 Å². The van der Waals surface area contributed by atoms with Crippen LogP contribution in [0.5, 0.6) is 5.75 Å². The number of carbonyl (C=O) groups is 2. The SMILES string of the molecule is COc1ccc2cc(/C(O)=C3\C(=O)C(=O)N(CCN(C)C)C3c3cccnc3)ccc2c1. The van der Waals surface area contributed by atoms with Crippen molar-refractivity contribution in [3.8, 4) is 5.75 Å². The van der Waals surface area contributed by atoms with Crippen LogP contribution in [0.2, 0.25) is 0 Å². The fourth-order valence-corrected chi connectivity index (χ4v) is 3.96. The van der Waals surface area contributed by atoms with E-state index in [0.717, 1.165) is 16.5 Å². The summed E-state index contributed by atoms with van der Waals surface area (Å²) in [4.78, 5) is 33.6. The molecule has 0 radical (unpaired) electrons. The predicted molar refractivity (Wildman–Crippen MR) is 122 cm³/mol. The highest BCUT2D eigenvalue weighted by Crippen LogP contribution is 2.39. The van der Waals surface area contributed by atoms with Crippen molar-refractivity contribution in [2.45, 2.75) is 6.04 Å². The van der Waals surface area contributed by atoms with E-state index in [2.05, 4.69) is 4.98 Å². The van der Waals surface area contributed by atoms with E-state index in [1.165, 1.54) is 4.90 Å². The number of pyridine rings is 1. The Labute approximate surface area is 186 Å². The number of hydrogen-bond donors (Lipinski definition) is 1. The molecule has 1 atom stereocenters. The van der Waals surface area contributed by atoms with E-state index >= 15 is 0 Å². The maximum Gasteiger partial charge on any atom is 0.295 e. The molecule has 32 heavy (non-hydrogen) atoms. The van der Waals surface area contributed by atoms with Crippen molar-refractivity contribution in [3.63, 3.8) is 0 Å². The van der Waals surface area contributed by atoms with E-state index in [1.807, 2.05) is 49.3 Å². The van der Waals surface area contributed by atoms with Gasteiger partial charge in [-0.2, -0.15) is 0 Å². The third-order valence-corrected chi connectivity index (χ3v) is 5.65. The minimum Gasteiger partial charge on any atom is -0.507 e. The van der Waals surface area contributed by atoms with E-state index < -0.39 is 17.7 Å². The average Bonchev–Trinajstić information content (AvgIpc) is 3.06. The number of hydrogen-bond acceptors (Lipinski definition) is 6. The lowest BCUT2D eigenvalue weighted by molar-refractivity contribution is -0.140. The van der Waals surface area contributed by atoms with Crippen LogP contribution in [0.15, 0.2) is 66.5 Å². The minimum absolute atomic E-state index is 0.0783. The summed E-state index contributed by atoms with van der Waals surface area (Å²) in [5, 5.41) is 13.0. The first-order valence-electron chi connectivity index (χ1n) is 10.3. The summed E-state index contributed by atoms with van der Waals surface area (Å²) in [6.45, 7) is 0.938. The van der Waals surface area contributed by atoms with Crippen molar-refractivity contribution in [1.82, 2.24) is 14.8 Å². The van der Waals surface area contributed by atoms with Gasteiger partial charge in [0.2, 0.25) is 0 Å². The Bertz CT molecular complexity index is 1200. The monoisotopic (exact) mass is 431 g/mol. The molecule has 7 nitrogen and oxygen atoms in total. The number of aliphatic hydroxyl groups excluding tert-OH is 1. The second-order valence-corrected chi connectivity index (χ2v) is 8.01. The van der Waals surface area contributed by atoms with Gasteiger partial charge in [-0.1, -0.05) is 24.3 Å². The number of likely N-dealkylation sites (tertiary alicyclic amines) is 1. The van der Waals surface area contributed by atoms with E-state index in [1.54, 1.807) is 37.7 Å². The first-order chi connectivity index (χ1) is 15.4. The minimum atomic E-state index is -0.699. The molecule has 1 N–H and O–H groups in total. The number of ketones is 1. The van der Waals surface area contributed by atoms with Crippen molar-refractivity contribution < 1.29 is 19.4 Å². The largest absolute Gasteiger partial charge is 0.507 e. The number of aliphatic hydroxyl groups is 1. The zero-order valence-corrected chi connectivity index (χ0v) is 18.3.